The molecule has 1 aliphatic carbocycles. The van der Waals surface area contributed by atoms with E-state index >= 15 is 0 Å². The second-order valence-corrected chi connectivity index (χ2v) is 9.99. The summed E-state index contributed by atoms with van der Waals surface area (Å²) in [5.74, 6) is 0.263. The van der Waals surface area contributed by atoms with Gasteiger partial charge in [-0.05, 0) is 50.0 Å². The fourth-order valence-electron chi connectivity index (χ4n) is 4.16. The molecular formula is C21H22N4OS3. The Morgan fingerprint density at radius 1 is 1.28 bits per heavy atom. The molecule has 0 aliphatic heterocycles. The predicted molar refractivity (Wildman–Crippen MR) is 122 cm³/mol. The highest BCUT2D eigenvalue weighted by atomic mass is 32.2. The van der Waals surface area contributed by atoms with Crippen LogP contribution in [-0.4, -0.2) is 19.9 Å². The first kappa shape index (κ1) is 20.3. The molecule has 0 N–H and O–H groups in total. The van der Waals surface area contributed by atoms with Gasteiger partial charge < -0.3 is 0 Å². The van der Waals surface area contributed by atoms with Crippen molar-refractivity contribution in [2.75, 3.05) is 5.75 Å². The number of hydrogen-bond acceptors (Lipinski definition) is 6. The number of nitriles is 1. The molecule has 1 aromatic carbocycles. The Bertz CT molecular complexity index is 1210. The Morgan fingerprint density at radius 3 is 2.62 bits per heavy atom. The molecule has 4 rings (SSSR count). The van der Waals surface area contributed by atoms with Crippen molar-refractivity contribution in [2.24, 2.45) is 0 Å². The smallest absolute Gasteiger partial charge is 0.274 e. The van der Waals surface area contributed by atoms with E-state index in [0.29, 0.717) is 19.5 Å². The van der Waals surface area contributed by atoms with Gasteiger partial charge in [0.2, 0.25) is 0 Å². The van der Waals surface area contributed by atoms with Gasteiger partial charge in [0.25, 0.3) is 5.56 Å². The number of thiazole rings is 1. The van der Waals surface area contributed by atoms with E-state index < -0.39 is 0 Å². The molecule has 1 aliphatic rings. The molecule has 29 heavy (non-hydrogen) atoms. The fraction of sp³-hybridized carbons (Fsp3) is 0.429. The first-order chi connectivity index (χ1) is 14.0. The number of hydrogen-bond donors (Lipinski definition) is 0. The lowest BCUT2D eigenvalue weighted by Crippen LogP contribution is -2.28. The van der Waals surface area contributed by atoms with Crippen LogP contribution in [0.4, 0.5) is 0 Å². The van der Waals surface area contributed by atoms with Crippen LogP contribution in [0, 0.1) is 29.1 Å². The summed E-state index contributed by atoms with van der Waals surface area (Å²) < 4.78 is 5.00. The summed E-state index contributed by atoms with van der Waals surface area (Å²) in [4.78, 5) is 18.5. The number of rotatable bonds is 4. The van der Waals surface area contributed by atoms with Gasteiger partial charge in [0.15, 0.2) is 14.8 Å². The van der Waals surface area contributed by atoms with Gasteiger partial charge in [0.05, 0.1) is 17.5 Å². The molecule has 0 saturated heterocycles. The zero-order valence-corrected chi connectivity index (χ0v) is 18.9. The number of nitrogens with zero attached hydrogens (tertiary/aromatic N) is 4. The van der Waals surface area contributed by atoms with E-state index in [9.17, 15) is 4.79 Å². The highest BCUT2D eigenvalue weighted by molar-refractivity contribution is 7.99. The van der Waals surface area contributed by atoms with Crippen LogP contribution in [0.3, 0.4) is 0 Å². The SMILES string of the molecule is Cc1cccc(C)c1-n1c(=S)sc2c(=O)n(C3CCCCC3)c(SCC#N)nc21. The Labute approximate surface area is 183 Å². The third kappa shape index (κ3) is 3.67. The molecule has 0 atom stereocenters. The molecule has 2 aromatic heterocycles. The maximum atomic E-state index is 13.6. The van der Waals surface area contributed by atoms with Gasteiger partial charge in [-0.3, -0.25) is 13.9 Å². The van der Waals surface area contributed by atoms with Crippen molar-refractivity contribution in [1.82, 2.24) is 14.1 Å². The van der Waals surface area contributed by atoms with E-state index in [4.69, 9.17) is 22.5 Å². The van der Waals surface area contributed by atoms with Gasteiger partial charge in [-0.25, -0.2) is 4.98 Å². The number of para-hydroxylation sites is 1. The number of aryl methyl sites for hydroxylation is 2. The van der Waals surface area contributed by atoms with E-state index in [1.165, 1.54) is 29.5 Å². The molecule has 0 radical (unpaired) electrons. The zero-order chi connectivity index (χ0) is 20.5. The maximum Gasteiger partial charge on any atom is 0.274 e. The average molecular weight is 443 g/mol. The molecule has 0 spiro atoms. The van der Waals surface area contributed by atoms with Crippen LogP contribution in [0.1, 0.15) is 49.3 Å². The van der Waals surface area contributed by atoms with Gasteiger partial charge >= 0.3 is 0 Å². The number of fused-ring (bicyclic) bond motifs is 1. The standard InChI is InChI=1S/C21H22N4OS3/c1-13-7-6-8-14(2)16(13)25-18-17(29-21(25)27)19(26)24(15-9-4-3-5-10-15)20(23-18)28-12-11-22/h6-8,15H,3-5,9-10,12H2,1-2H3. The zero-order valence-electron chi connectivity index (χ0n) is 16.5. The summed E-state index contributed by atoms with van der Waals surface area (Å²) in [6.45, 7) is 4.09. The minimum atomic E-state index is -0.0246. The Hall–Kier alpha value is -1.95. The highest BCUT2D eigenvalue weighted by Crippen LogP contribution is 2.33. The third-order valence-electron chi connectivity index (χ3n) is 5.48. The quantitative estimate of drug-likeness (QED) is 0.294. The lowest BCUT2D eigenvalue weighted by atomic mass is 9.95. The predicted octanol–water partition coefficient (Wildman–Crippen LogP) is 5.72. The minimum absolute atomic E-state index is 0.0246. The summed E-state index contributed by atoms with van der Waals surface area (Å²) in [6.07, 6.45) is 5.42. The second-order valence-electron chi connectivity index (χ2n) is 7.40. The molecule has 150 valence electrons. The van der Waals surface area contributed by atoms with Crippen molar-refractivity contribution in [2.45, 2.75) is 57.1 Å². The first-order valence-electron chi connectivity index (χ1n) is 9.77. The Balaban J connectivity index is 2.01. The van der Waals surface area contributed by atoms with Crippen molar-refractivity contribution in [3.8, 4) is 11.8 Å². The summed E-state index contributed by atoms with van der Waals surface area (Å²) in [7, 11) is 0. The molecule has 3 aromatic rings. The normalized spacial score (nSPS) is 14.9. The lowest BCUT2D eigenvalue weighted by Gasteiger charge is -2.25. The van der Waals surface area contributed by atoms with Crippen molar-refractivity contribution >= 4 is 45.7 Å². The number of thioether (sulfide) groups is 1. The van der Waals surface area contributed by atoms with Gasteiger partial charge in [-0.2, -0.15) is 5.26 Å². The van der Waals surface area contributed by atoms with E-state index in [-0.39, 0.29) is 17.4 Å². The lowest BCUT2D eigenvalue weighted by molar-refractivity contribution is 0.326. The molecule has 1 saturated carbocycles. The van der Waals surface area contributed by atoms with Crippen molar-refractivity contribution < 1.29 is 0 Å². The summed E-state index contributed by atoms with van der Waals surface area (Å²) in [5.41, 5.74) is 3.75. The van der Waals surface area contributed by atoms with Crippen molar-refractivity contribution in [3.05, 3.63) is 43.6 Å². The number of benzene rings is 1. The maximum absolute atomic E-state index is 13.6. The second kappa shape index (κ2) is 8.42. The molecule has 2 heterocycles. The molecule has 0 bridgehead atoms. The summed E-state index contributed by atoms with van der Waals surface area (Å²) >= 11 is 8.35. The molecule has 1 fully saturated rings. The van der Waals surface area contributed by atoms with Gasteiger partial charge in [-0.1, -0.05) is 60.6 Å². The Kier molecular flexibility index (Phi) is 5.91. The van der Waals surface area contributed by atoms with Gasteiger partial charge in [0, 0.05) is 6.04 Å². The van der Waals surface area contributed by atoms with Gasteiger partial charge in [0.1, 0.15) is 4.70 Å². The van der Waals surface area contributed by atoms with Crippen LogP contribution in [0.25, 0.3) is 16.0 Å². The van der Waals surface area contributed by atoms with Crippen LogP contribution in [0.2, 0.25) is 0 Å². The summed E-state index contributed by atoms with van der Waals surface area (Å²) in [6, 6.07) is 8.42. The van der Waals surface area contributed by atoms with Crippen LogP contribution in [0.15, 0.2) is 28.2 Å². The topological polar surface area (TPSA) is 63.6 Å². The van der Waals surface area contributed by atoms with Crippen LogP contribution in [-0.2, 0) is 0 Å². The Morgan fingerprint density at radius 2 is 1.97 bits per heavy atom. The van der Waals surface area contributed by atoms with Crippen molar-refractivity contribution in [3.63, 3.8) is 0 Å². The molecule has 5 nitrogen and oxygen atoms in total. The van der Waals surface area contributed by atoms with E-state index in [2.05, 4.69) is 6.07 Å². The van der Waals surface area contributed by atoms with Crippen LogP contribution >= 0.6 is 35.3 Å². The minimum Gasteiger partial charge on any atom is -0.283 e. The fourth-order valence-corrected chi connectivity index (χ4v) is 6.16. The highest BCUT2D eigenvalue weighted by Gasteiger charge is 2.24. The van der Waals surface area contributed by atoms with E-state index in [1.54, 1.807) is 0 Å². The molecular weight excluding hydrogens is 420 g/mol. The number of aromatic nitrogens is 3. The average Bonchev–Trinajstić information content (AvgIpc) is 3.03. The largest absolute Gasteiger partial charge is 0.283 e. The third-order valence-corrected chi connectivity index (χ3v) is 7.65. The molecule has 8 heteroatoms. The van der Waals surface area contributed by atoms with Crippen LogP contribution in [0.5, 0.6) is 0 Å². The van der Waals surface area contributed by atoms with Crippen molar-refractivity contribution in [1.29, 1.82) is 5.26 Å². The first-order valence-corrected chi connectivity index (χ1v) is 12.0. The molecule has 0 unspecified atom stereocenters. The summed E-state index contributed by atoms with van der Waals surface area (Å²) in [5, 5.41) is 9.74. The van der Waals surface area contributed by atoms with E-state index in [0.717, 1.165) is 42.5 Å². The molecule has 0 amide bonds. The van der Waals surface area contributed by atoms with Crippen LogP contribution < -0.4 is 5.56 Å². The monoisotopic (exact) mass is 442 g/mol. The van der Waals surface area contributed by atoms with E-state index in [1.807, 2.05) is 41.2 Å². The van der Waals surface area contributed by atoms with Gasteiger partial charge in [-0.15, -0.1) is 0 Å².